The van der Waals surface area contributed by atoms with E-state index in [4.69, 9.17) is 4.74 Å². The molecule has 0 radical (unpaired) electrons. The summed E-state index contributed by atoms with van der Waals surface area (Å²) in [5, 5.41) is 3.03. The van der Waals surface area contributed by atoms with E-state index in [0.717, 1.165) is 5.57 Å². The lowest BCUT2D eigenvalue weighted by atomic mass is 10.1. The number of benzene rings is 1. The minimum atomic E-state index is -0.685. The van der Waals surface area contributed by atoms with Gasteiger partial charge in [0.1, 0.15) is 24.4 Å². The molecule has 30 heavy (non-hydrogen) atoms. The fraction of sp³-hybridized carbons (Fsp3) is 0.429. The topological polar surface area (TPSA) is 65.1 Å². The maximum Gasteiger partial charge on any atom is 0.414 e. The number of anilines is 1. The highest BCUT2D eigenvalue weighted by Gasteiger charge is 2.33. The maximum atomic E-state index is 14.7. The van der Waals surface area contributed by atoms with Gasteiger partial charge in [0.25, 0.3) is 5.91 Å². The molecule has 3 aliphatic rings. The number of carbonyl (C=O) groups excluding carboxylic acids is 2. The third-order valence-electron chi connectivity index (χ3n) is 5.61. The minimum Gasteiger partial charge on any atom is -0.447 e. The number of carbonyl (C=O) groups is 2. The molecule has 7 nitrogen and oxygen atoms in total. The zero-order valence-electron chi connectivity index (χ0n) is 16.9. The summed E-state index contributed by atoms with van der Waals surface area (Å²) in [4.78, 5) is 29.5. The van der Waals surface area contributed by atoms with Gasteiger partial charge in [0.2, 0.25) is 0 Å². The Morgan fingerprint density at radius 3 is 2.53 bits per heavy atom. The molecular weight excluding hydrogens is 394 g/mol. The average Bonchev–Trinajstić information content (AvgIpc) is 3.06. The third-order valence-corrected chi connectivity index (χ3v) is 5.61. The molecular formula is C21H24F2N4O3. The van der Waals surface area contributed by atoms with Crippen LogP contribution in [0.25, 0.3) is 0 Å². The predicted octanol–water partition coefficient (Wildman–Crippen LogP) is 2.62. The molecule has 4 rings (SSSR count). The van der Waals surface area contributed by atoms with E-state index in [9.17, 15) is 18.4 Å². The first-order valence-corrected chi connectivity index (χ1v) is 9.94. The molecule has 0 bridgehead atoms. The molecule has 9 heteroatoms. The summed E-state index contributed by atoms with van der Waals surface area (Å²) < 4.78 is 33.9. The molecule has 1 unspecified atom stereocenters. The highest BCUT2D eigenvalue weighted by Crippen LogP contribution is 2.26. The number of halogens is 2. The number of dihydropyridines is 1. The van der Waals surface area contributed by atoms with Gasteiger partial charge in [0.15, 0.2) is 0 Å². The molecule has 2 amide bonds. The van der Waals surface area contributed by atoms with Crippen molar-refractivity contribution in [3.8, 4) is 0 Å². The molecule has 1 aromatic carbocycles. The smallest absolute Gasteiger partial charge is 0.414 e. The van der Waals surface area contributed by atoms with Crippen molar-refractivity contribution < 1.29 is 23.1 Å². The molecule has 1 N–H and O–H groups in total. The lowest BCUT2D eigenvalue weighted by Gasteiger charge is -2.39. The van der Waals surface area contributed by atoms with Crippen molar-refractivity contribution in [3.05, 3.63) is 53.3 Å². The maximum absolute atomic E-state index is 14.7. The van der Waals surface area contributed by atoms with Crippen LogP contribution in [-0.2, 0) is 4.74 Å². The molecule has 1 aromatic rings. The summed E-state index contributed by atoms with van der Waals surface area (Å²) in [6.07, 6.45) is 2.19. The number of nitrogens with one attached hydrogen (secondary N) is 1. The van der Waals surface area contributed by atoms with E-state index in [2.05, 4.69) is 5.32 Å². The lowest BCUT2D eigenvalue weighted by Crippen LogP contribution is -2.55. The van der Waals surface area contributed by atoms with Crippen molar-refractivity contribution in [2.24, 2.45) is 0 Å². The second-order valence-electron chi connectivity index (χ2n) is 7.78. The highest BCUT2D eigenvalue weighted by molar-refractivity contribution is 5.96. The van der Waals surface area contributed by atoms with Crippen LogP contribution in [-0.4, -0.2) is 66.8 Å². The summed E-state index contributed by atoms with van der Waals surface area (Å²) in [6.45, 7) is 5.52. The lowest BCUT2D eigenvalue weighted by molar-refractivity contribution is 0.0555. The van der Waals surface area contributed by atoms with E-state index in [1.54, 1.807) is 24.1 Å². The number of rotatable bonds is 3. The molecule has 0 saturated carbocycles. The van der Waals surface area contributed by atoms with Gasteiger partial charge in [-0.25, -0.2) is 13.6 Å². The van der Waals surface area contributed by atoms with Crippen LogP contribution in [0.3, 0.4) is 0 Å². The van der Waals surface area contributed by atoms with Crippen LogP contribution < -0.4 is 10.2 Å². The first kappa shape index (κ1) is 20.3. The van der Waals surface area contributed by atoms with E-state index in [1.165, 1.54) is 23.1 Å². The largest absolute Gasteiger partial charge is 0.447 e. The van der Waals surface area contributed by atoms with E-state index in [1.807, 2.05) is 11.8 Å². The standard InChI is InChI=1S/C21H24F2N4O3/c1-13-9-18(23)19(24-11-13)25-5-7-26(8-6-25)20(28)16-4-3-15(10-17(16)22)27-14(2)12-30-21(27)29/h3-4,9-11,14,19,24H,5-8,12H2,1-2H3/t14-,19?/m1/s1. The van der Waals surface area contributed by atoms with Gasteiger partial charge in [-0.05, 0) is 43.7 Å². The molecule has 0 aromatic heterocycles. The minimum absolute atomic E-state index is 0.0483. The van der Waals surface area contributed by atoms with Crippen molar-refractivity contribution in [1.82, 2.24) is 15.1 Å². The Morgan fingerprint density at radius 2 is 1.93 bits per heavy atom. The van der Waals surface area contributed by atoms with Crippen LogP contribution >= 0.6 is 0 Å². The number of hydrogen-bond acceptors (Lipinski definition) is 5. The molecule has 0 spiro atoms. The van der Waals surface area contributed by atoms with Crippen molar-refractivity contribution in [3.63, 3.8) is 0 Å². The molecule has 2 atom stereocenters. The number of nitrogens with zero attached hydrogens (tertiary/aromatic N) is 3. The fourth-order valence-corrected chi connectivity index (χ4v) is 3.96. The van der Waals surface area contributed by atoms with Crippen molar-refractivity contribution >= 4 is 17.7 Å². The molecule has 2 saturated heterocycles. The van der Waals surface area contributed by atoms with E-state index >= 15 is 0 Å². The Morgan fingerprint density at radius 1 is 1.20 bits per heavy atom. The van der Waals surface area contributed by atoms with Gasteiger partial charge in [-0.3, -0.25) is 14.6 Å². The average molecular weight is 418 g/mol. The van der Waals surface area contributed by atoms with Crippen LogP contribution in [0, 0.1) is 5.82 Å². The highest BCUT2D eigenvalue weighted by atomic mass is 19.1. The van der Waals surface area contributed by atoms with Crippen LogP contribution in [0.15, 0.2) is 41.9 Å². The van der Waals surface area contributed by atoms with E-state index < -0.39 is 24.0 Å². The molecule has 2 fully saturated rings. The van der Waals surface area contributed by atoms with Gasteiger partial charge in [0, 0.05) is 32.4 Å². The zero-order valence-corrected chi connectivity index (χ0v) is 16.9. The van der Waals surface area contributed by atoms with Gasteiger partial charge in [-0.2, -0.15) is 0 Å². The van der Waals surface area contributed by atoms with Gasteiger partial charge >= 0.3 is 6.09 Å². The first-order chi connectivity index (χ1) is 14.3. The quantitative estimate of drug-likeness (QED) is 0.818. The molecule has 160 valence electrons. The summed E-state index contributed by atoms with van der Waals surface area (Å²) >= 11 is 0. The van der Waals surface area contributed by atoms with Gasteiger partial charge in [-0.15, -0.1) is 0 Å². The summed E-state index contributed by atoms with van der Waals surface area (Å²) in [6, 6.07) is 3.94. The van der Waals surface area contributed by atoms with Crippen LogP contribution in [0.5, 0.6) is 0 Å². The molecule has 0 aliphatic carbocycles. The predicted molar refractivity (Wildman–Crippen MR) is 107 cm³/mol. The van der Waals surface area contributed by atoms with Crippen molar-refractivity contribution in [1.29, 1.82) is 0 Å². The number of cyclic esters (lactones) is 1. The Kier molecular flexibility index (Phi) is 5.46. The second-order valence-corrected chi connectivity index (χ2v) is 7.78. The summed E-state index contributed by atoms with van der Waals surface area (Å²) in [5.41, 5.74) is 1.12. The Hall–Kier alpha value is -2.94. The first-order valence-electron chi connectivity index (χ1n) is 9.94. The van der Waals surface area contributed by atoms with Gasteiger partial charge < -0.3 is 15.0 Å². The van der Waals surface area contributed by atoms with Crippen LogP contribution in [0.4, 0.5) is 19.3 Å². The molecule has 3 heterocycles. The Balaban J connectivity index is 1.41. The van der Waals surface area contributed by atoms with E-state index in [0.29, 0.717) is 31.9 Å². The number of ether oxygens (including phenoxy) is 1. The summed E-state index contributed by atoms with van der Waals surface area (Å²) in [7, 11) is 0. The SMILES string of the molecule is CC1=CNC(N2CCN(C(=O)c3ccc(N4C(=O)OC[C@H]4C)cc3F)CC2)C(F)=C1. The van der Waals surface area contributed by atoms with Crippen LogP contribution in [0.2, 0.25) is 0 Å². The summed E-state index contributed by atoms with van der Waals surface area (Å²) in [5.74, 6) is -1.36. The van der Waals surface area contributed by atoms with Crippen LogP contribution in [0.1, 0.15) is 24.2 Å². The Bertz CT molecular complexity index is 925. The normalized spacial score (nSPS) is 24.9. The fourth-order valence-electron chi connectivity index (χ4n) is 3.96. The third kappa shape index (κ3) is 3.77. The van der Waals surface area contributed by atoms with Gasteiger partial charge in [-0.1, -0.05) is 0 Å². The monoisotopic (exact) mass is 418 g/mol. The number of allylic oxidation sites excluding steroid dienone is 2. The zero-order chi connectivity index (χ0) is 21.4. The Labute approximate surface area is 173 Å². The van der Waals surface area contributed by atoms with Crippen molar-refractivity contribution in [2.45, 2.75) is 26.1 Å². The number of amides is 2. The van der Waals surface area contributed by atoms with Crippen molar-refractivity contribution in [2.75, 3.05) is 37.7 Å². The number of piperazine rings is 1. The molecule has 3 aliphatic heterocycles. The van der Waals surface area contributed by atoms with E-state index in [-0.39, 0.29) is 24.0 Å². The number of hydrogen-bond donors (Lipinski definition) is 1. The van der Waals surface area contributed by atoms with Gasteiger partial charge in [0.05, 0.1) is 17.3 Å². The second kappa shape index (κ2) is 8.06.